The van der Waals surface area contributed by atoms with Crippen LogP contribution in [-0.4, -0.2) is 12.3 Å². The molecule has 1 heterocycles. The van der Waals surface area contributed by atoms with Gasteiger partial charge in [-0.3, -0.25) is 0 Å². The minimum atomic E-state index is 0.379. The molecule has 1 aromatic carbocycles. The van der Waals surface area contributed by atoms with E-state index in [9.17, 15) is 0 Å². The van der Waals surface area contributed by atoms with E-state index in [1.54, 1.807) is 5.56 Å². The zero-order chi connectivity index (χ0) is 8.23. The van der Waals surface area contributed by atoms with Crippen LogP contribution in [0.25, 0.3) is 0 Å². The van der Waals surface area contributed by atoms with Crippen LogP contribution in [0.4, 0.5) is 0 Å². The van der Waals surface area contributed by atoms with Crippen molar-refractivity contribution in [1.29, 1.82) is 0 Å². The lowest BCUT2D eigenvalue weighted by molar-refractivity contribution is 0.949. The zero-order valence-electron chi connectivity index (χ0n) is 7.37. The summed E-state index contributed by atoms with van der Waals surface area (Å²) in [6, 6.07) is 10.9. The molecular formula is C11H15P. The molecule has 0 atom stereocenters. The van der Waals surface area contributed by atoms with Crippen LogP contribution in [0.3, 0.4) is 0 Å². The highest BCUT2D eigenvalue weighted by molar-refractivity contribution is 7.57. The lowest BCUT2D eigenvalue weighted by Crippen LogP contribution is -1.84. The molecule has 12 heavy (non-hydrogen) atoms. The van der Waals surface area contributed by atoms with E-state index >= 15 is 0 Å². The third-order valence-corrected chi connectivity index (χ3v) is 5.16. The largest absolute Gasteiger partial charge is 0.102 e. The van der Waals surface area contributed by atoms with Gasteiger partial charge in [-0.05, 0) is 36.9 Å². The molecule has 1 aliphatic rings. The van der Waals surface area contributed by atoms with Crippen LogP contribution in [-0.2, 0) is 6.16 Å². The highest BCUT2D eigenvalue weighted by atomic mass is 31.1. The molecule has 0 amide bonds. The van der Waals surface area contributed by atoms with Gasteiger partial charge in [0.25, 0.3) is 0 Å². The summed E-state index contributed by atoms with van der Waals surface area (Å²) in [7, 11) is 0.379. The summed E-state index contributed by atoms with van der Waals surface area (Å²) in [4.78, 5) is 0. The first kappa shape index (κ1) is 8.26. The Hall–Kier alpha value is -0.350. The van der Waals surface area contributed by atoms with Gasteiger partial charge in [-0.1, -0.05) is 30.3 Å². The second kappa shape index (κ2) is 4.05. The fourth-order valence-electron chi connectivity index (χ4n) is 1.78. The highest BCUT2D eigenvalue weighted by Crippen LogP contribution is 2.46. The second-order valence-electron chi connectivity index (χ2n) is 3.47. The third kappa shape index (κ3) is 2.08. The Kier molecular flexibility index (Phi) is 2.79. The molecule has 0 unspecified atom stereocenters. The Morgan fingerprint density at radius 2 is 1.67 bits per heavy atom. The maximum atomic E-state index is 2.26. The van der Waals surface area contributed by atoms with Crippen molar-refractivity contribution in [2.24, 2.45) is 0 Å². The standard InChI is InChI=1S/C11H15P/c1-2-6-11(7-3-1)10-12-8-4-5-9-12/h1-3,6-7H,4-5,8-10H2. The Balaban J connectivity index is 1.94. The molecule has 0 aromatic heterocycles. The smallest absolute Gasteiger partial charge is 0.00731 e. The molecule has 0 aliphatic carbocycles. The summed E-state index contributed by atoms with van der Waals surface area (Å²) < 4.78 is 0. The van der Waals surface area contributed by atoms with Crippen LogP contribution in [0, 0.1) is 0 Å². The predicted molar refractivity (Wildman–Crippen MR) is 56.0 cm³/mol. The maximum absolute atomic E-state index is 2.26. The van der Waals surface area contributed by atoms with E-state index in [0.29, 0.717) is 7.92 Å². The predicted octanol–water partition coefficient (Wildman–Crippen LogP) is 3.46. The maximum Gasteiger partial charge on any atom is -0.00731 e. The molecule has 1 aliphatic heterocycles. The lowest BCUT2D eigenvalue weighted by Gasteiger charge is -2.08. The fraction of sp³-hybridized carbons (Fsp3) is 0.455. The molecular weight excluding hydrogens is 163 g/mol. The van der Waals surface area contributed by atoms with Gasteiger partial charge in [0.05, 0.1) is 0 Å². The van der Waals surface area contributed by atoms with E-state index in [-0.39, 0.29) is 0 Å². The van der Waals surface area contributed by atoms with Crippen LogP contribution in [0.15, 0.2) is 30.3 Å². The van der Waals surface area contributed by atoms with Crippen molar-refractivity contribution < 1.29 is 0 Å². The minimum absolute atomic E-state index is 0.379. The molecule has 1 aromatic rings. The van der Waals surface area contributed by atoms with E-state index in [0.717, 1.165) is 0 Å². The Morgan fingerprint density at radius 1 is 1.00 bits per heavy atom. The van der Waals surface area contributed by atoms with Crippen molar-refractivity contribution >= 4 is 7.92 Å². The first-order chi connectivity index (χ1) is 5.95. The molecule has 0 N–H and O–H groups in total. The van der Waals surface area contributed by atoms with Gasteiger partial charge in [0, 0.05) is 0 Å². The van der Waals surface area contributed by atoms with Gasteiger partial charge < -0.3 is 0 Å². The van der Waals surface area contributed by atoms with E-state index in [1.807, 2.05) is 0 Å². The van der Waals surface area contributed by atoms with Gasteiger partial charge in [0.2, 0.25) is 0 Å². The SMILES string of the molecule is c1ccc(CP2CCCC2)cc1. The summed E-state index contributed by atoms with van der Waals surface area (Å²) in [5, 5.41) is 0. The van der Waals surface area contributed by atoms with Gasteiger partial charge in [-0.2, -0.15) is 0 Å². The number of hydrogen-bond donors (Lipinski definition) is 0. The van der Waals surface area contributed by atoms with Crippen LogP contribution in [0.5, 0.6) is 0 Å². The molecule has 0 saturated carbocycles. The van der Waals surface area contributed by atoms with Crippen LogP contribution >= 0.6 is 7.92 Å². The number of rotatable bonds is 2. The molecule has 0 nitrogen and oxygen atoms in total. The monoisotopic (exact) mass is 178 g/mol. The molecule has 1 fully saturated rings. The molecule has 0 radical (unpaired) electrons. The van der Waals surface area contributed by atoms with Crippen molar-refractivity contribution in [1.82, 2.24) is 0 Å². The van der Waals surface area contributed by atoms with Gasteiger partial charge in [-0.15, -0.1) is 7.92 Å². The van der Waals surface area contributed by atoms with Crippen molar-refractivity contribution in [2.75, 3.05) is 12.3 Å². The van der Waals surface area contributed by atoms with Gasteiger partial charge in [-0.25, -0.2) is 0 Å². The Labute approximate surface area is 75.7 Å². The van der Waals surface area contributed by atoms with Crippen LogP contribution < -0.4 is 0 Å². The Morgan fingerprint density at radius 3 is 2.33 bits per heavy atom. The topological polar surface area (TPSA) is 0 Å². The van der Waals surface area contributed by atoms with Gasteiger partial charge in [0.15, 0.2) is 0 Å². The van der Waals surface area contributed by atoms with Gasteiger partial charge in [0.1, 0.15) is 0 Å². The zero-order valence-corrected chi connectivity index (χ0v) is 8.26. The summed E-state index contributed by atoms with van der Waals surface area (Å²) in [6.07, 6.45) is 7.38. The van der Waals surface area contributed by atoms with Crippen LogP contribution in [0.1, 0.15) is 18.4 Å². The lowest BCUT2D eigenvalue weighted by atomic mass is 10.2. The van der Waals surface area contributed by atoms with Crippen molar-refractivity contribution in [2.45, 2.75) is 19.0 Å². The average Bonchev–Trinajstić information content (AvgIpc) is 2.59. The van der Waals surface area contributed by atoms with E-state index in [2.05, 4.69) is 30.3 Å². The third-order valence-electron chi connectivity index (χ3n) is 2.45. The van der Waals surface area contributed by atoms with Crippen LogP contribution in [0.2, 0.25) is 0 Å². The average molecular weight is 178 g/mol. The van der Waals surface area contributed by atoms with E-state index in [4.69, 9.17) is 0 Å². The minimum Gasteiger partial charge on any atom is -0.102 e. The first-order valence-electron chi connectivity index (χ1n) is 4.71. The van der Waals surface area contributed by atoms with E-state index in [1.165, 1.54) is 31.3 Å². The van der Waals surface area contributed by atoms with Crippen molar-refractivity contribution in [3.63, 3.8) is 0 Å². The van der Waals surface area contributed by atoms with Gasteiger partial charge >= 0.3 is 0 Å². The first-order valence-corrected chi connectivity index (χ1v) is 6.61. The van der Waals surface area contributed by atoms with E-state index < -0.39 is 0 Å². The van der Waals surface area contributed by atoms with Crippen molar-refractivity contribution in [3.8, 4) is 0 Å². The molecule has 0 spiro atoms. The highest BCUT2D eigenvalue weighted by Gasteiger charge is 2.13. The molecule has 1 saturated heterocycles. The number of hydrogen-bond acceptors (Lipinski definition) is 0. The molecule has 1 heteroatoms. The second-order valence-corrected chi connectivity index (χ2v) is 6.02. The molecule has 2 rings (SSSR count). The summed E-state index contributed by atoms with van der Waals surface area (Å²) in [5.41, 5.74) is 1.55. The summed E-state index contributed by atoms with van der Waals surface area (Å²) in [6.45, 7) is 0. The Bertz CT molecular complexity index is 224. The number of benzene rings is 1. The summed E-state index contributed by atoms with van der Waals surface area (Å²) in [5.74, 6) is 0. The normalized spacial score (nSPS) is 18.3. The molecule has 0 bridgehead atoms. The fourth-order valence-corrected chi connectivity index (χ4v) is 4.39. The quantitative estimate of drug-likeness (QED) is 0.608. The van der Waals surface area contributed by atoms with Crippen molar-refractivity contribution in [3.05, 3.63) is 35.9 Å². The molecule has 64 valence electrons. The summed E-state index contributed by atoms with van der Waals surface area (Å²) >= 11 is 0.